The lowest BCUT2D eigenvalue weighted by atomic mass is 9.97. The van der Waals surface area contributed by atoms with Crippen LogP contribution in [0.2, 0.25) is 0 Å². The molecule has 1 aliphatic heterocycles. The Bertz CT molecular complexity index is 1730. The van der Waals surface area contributed by atoms with E-state index in [9.17, 15) is 13.6 Å². The number of benzene rings is 2. The molecule has 41 heavy (non-hydrogen) atoms. The molecule has 9 heteroatoms. The average molecular weight is 557 g/mol. The molecule has 0 bridgehead atoms. The van der Waals surface area contributed by atoms with E-state index in [1.807, 2.05) is 55.9 Å². The van der Waals surface area contributed by atoms with Gasteiger partial charge in [-0.15, -0.1) is 0 Å². The topological polar surface area (TPSA) is 73.4 Å². The van der Waals surface area contributed by atoms with Crippen LogP contribution in [0.3, 0.4) is 0 Å². The van der Waals surface area contributed by atoms with Gasteiger partial charge in [0.1, 0.15) is 16.9 Å². The molecule has 210 valence electrons. The van der Waals surface area contributed by atoms with Crippen molar-refractivity contribution >= 4 is 17.1 Å². The first kappa shape index (κ1) is 26.7. The van der Waals surface area contributed by atoms with Gasteiger partial charge in [-0.25, -0.2) is 13.6 Å². The van der Waals surface area contributed by atoms with Crippen molar-refractivity contribution in [1.82, 2.24) is 19.7 Å². The molecule has 1 aliphatic rings. The summed E-state index contributed by atoms with van der Waals surface area (Å²) >= 11 is 0. The van der Waals surface area contributed by atoms with E-state index in [1.54, 1.807) is 35.6 Å². The first-order valence-electron chi connectivity index (χ1n) is 13.6. The first-order chi connectivity index (χ1) is 19.7. The SMILES string of the molecule is CC(C)(C)OC(=O)N1CCC(n2cc(-c3cncc(-c4oc5ccccc5c4-c4cccc(F)c4F)c3)cn2)CC1. The minimum atomic E-state index is -0.927. The molecule has 5 aromatic rings. The van der Waals surface area contributed by atoms with Crippen LogP contribution in [0.1, 0.15) is 39.7 Å². The second-order valence-electron chi connectivity index (χ2n) is 11.3. The number of rotatable bonds is 4. The van der Waals surface area contributed by atoms with Crippen molar-refractivity contribution in [3.05, 3.63) is 85.0 Å². The van der Waals surface area contributed by atoms with Gasteiger partial charge in [-0.2, -0.15) is 5.10 Å². The molecule has 1 saturated heterocycles. The number of fused-ring (bicyclic) bond motifs is 1. The monoisotopic (exact) mass is 556 g/mol. The molecular weight excluding hydrogens is 526 g/mol. The van der Waals surface area contributed by atoms with E-state index in [0.29, 0.717) is 40.9 Å². The summed E-state index contributed by atoms with van der Waals surface area (Å²) in [6.07, 6.45) is 8.39. The zero-order valence-electron chi connectivity index (χ0n) is 23.1. The summed E-state index contributed by atoms with van der Waals surface area (Å²) in [6.45, 7) is 6.78. The van der Waals surface area contributed by atoms with E-state index in [0.717, 1.165) is 30.0 Å². The van der Waals surface area contributed by atoms with Crippen LogP contribution in [0.5, 0.6) is 0 Å². The molecule has 0 spiro atoms. The predicted molar refractivity (Wildman–Crippen MR) is 152 cm³/mol. The molecule has 7 nitrogen and oxygen atoms in total. The molecule has 1 amide bonds. The van der Waals surface area contributed by atoms with E-state index in [2.05, 4.69) is 10.1 Å². The van der Waals surface area contributed by atoms with E-state index < -0.39 is 17.2 Å². The van der Waals surface area contributed by atoms with E-state index in [-0.39, 0.29) is 17.7 Å². The van der Waals surface area contributed by atoms with Gasteiger partial charge < -0.3 is 14.1 Å². The van der Waals surface area contributed by atoms with Crippen LogP contribution in [-0.2, 0) is 4.74 Å². The van der Waals surface area contributed by atoms with E-state index >= 15 is 0 Å². The number of likely N-dealkylation sites (tertiary alicyclic amines) is 1. The fourth-order valence-electron chi connectivity index (χ4n) is 5.26. The molecule has 6 rings (SSSR count). The normalized spacial score (nSPS) is 14.5. The highest BCUT2D eigenvalue weighted by Gasteiger charge is 2.28. The fraction of sp³-hybridized carbons (Fsp3) is 0.281. The van der Waals surface area contributed by atoms with Gasteiger partial charge >= 0.3 is 6.09 Å². The van der Waals surface area contributed by atoms with Gasteiger partial charge in [0.2, 0.25) is 0 Å². The maximum Gasteiger partial charge on any atom is 0.410 e. The molecule has 0 N–H and O–H groups in total. The van der Waals surface area contributed by atoms with Crippen LogP contribution in [0.25, 0.3) is 44.5 Å². The van der Waals surface area contributed by atoms with Crippen molar-refractivity contribution in [2.45, 2.75) is 45.3 Å². The summed E-state index contributed by atoms with van der Waals surface area (Å²) < 4.78 is 42.8. The number of carbonyl (C=O) groups is 1. The average Bonchev–Trinajstić information content (AvgIpc) is 3.60. The van der Waals surface area contributed by atoms with E-state index in [1.165, 1.54) is 6.07 Å². The van der Waals surface area contributed by atoms with Gasteiger partial charge in [0, 0.05) is 64.9 Å². The van der Waals surface area contributed by atoms with Crippen LogP contribution in [0.4, 0.5) is 13.6 Å². The van der Waals surface area contributed by atoms with Crippen molar-refractivity contribution in [2.75, 3.05) is 13.1 Å². The zero-order chi connectivity index (χ0) is 28.7. The molecule has 0 radical (unpaired) electrons. The Balaban J connectivity index is 1.28. The zero-order valence-corrected chi connectivity index (χ0v) is 23.1. The highest BCUT2D eigenvalue weighted by molar-refractivity contribution is 6.02. The lowest BCUT2D eigenvalue weighted by Crippen LogP contribution is -2.42. The Morgan fingerprint density at radius 2 is 1.73 bits per heavy atom. The van der Waals surface area contributed by atoms with Gasteiger partial charge in [-0.3, -0.25) is 9.67 Å². The van der Waals surface area contributed by atoms with Crippen molar-refractivity contribution < 1.29 is 22.7 Å². The smallest absolute Gasteiger partial charge is 0.410 e. The number of amides is 1. The molecular formula is C32H30F2N4O3. The number of hydrogen-bond donors (Lipinski definition) is 0. The van der Waals surface area contributed by atoms with Gasteiger partial charge in [0.25, 0.3) is 0 Å². The lowest BCUT2D eigenvalue weighted by Gasteiger charge is -2.33. The predicted octanol–water partition coefficient (Wildman–Crippen LogP) is 7.88. The number of halogens is 2. The van der Waals surface area contributed by atoms with Crippen LogP contribution < -0.4 is 0 Å². The highest BCUT2D eigenvalue weighted by Crippen LogP contribution is 2.42. The molecule has 0 saturated carbocycles. The van der Waals surface area contributed by atoms with E-state index in [4.69, 9.17) is 9.15 Å². The van der Waals surface area contributed by atoms with Crippen molar-refractivity contribution in [2.24, 2.45) is 0 Å². The van der Waals surface area contributed by atoms with Gasteiger partial charge in [-0.1, -0.05) is 30.3 Å². The summed E-state index contributed by atoms with van der Waals surface area (Å²) in [4.78, 5) is 18.6. The number of hydrogen-bond acceptors (Lipinski definition) is 5. The van der Waals surface area contributed by atoms with Crippen LogP contribution >= 0.6 is 0 Å². The van der Waals surface area contributed by atoms with Gasteiger partial charge in [0.05, 0.1) is 12.2 Å². The van der Waals surface area contributed by atoms with Crippen LogP contribution in [0, 0.1) is 11.6 Å². The van der Waals surface area contributed by atoms with Crippen LogP contribution in [0.15, 0.2) is 77.7 Å². The quantitative estimate of drug-likeness (QED) is 0.225. The minimum Gasteiger partial charge on any atom is -0.455 e. The summed E-state index contributed by atoms with van der Waals surface area (Å²) in [7, 11) is 0. The number of piperidine rings is 1. The third-order valence-corrected chi connectivity index (χ3v) is 7.24. The number of carbonyl (C=O) groups excluding carboxylic acids is 1. The number of aromatic nitrogens is 3. The second kappa shape index (κ2) is 10.5. The molecule has 0 unspecified atom stereocenters. The third kappa shape index (κ3) is 5.31. The molecule has 0 atom stereocenters. The lowest BCUT2D eigenvalue weighted by molar-refractivity contribution is 0.0185. The number of para-hydroxylation sites is 1. The Morgan fingerprint density at radius 3 is 2.51 bits per heavy atom. The van der Waals surface area contributed by atoms with Gasteiger partial charge in [0.15, 0.2) is 11.6 Å². The minimum absolute atomic E-state index is 0.126. The second-order valence-corrected chi connectivity index (χ2v) is 11.3. The Hall–Kier alpha value is -4.53. The summed E-state index contributed by atoms with van der Waals surface area (Å²) in [6, 6.07) is 13.5. The first-order valence-corrected chi connectivity index (χ1v) is 13.6. The molecule has 2 aromatic carbocycles. The van der Waals surface area contributed by atoms with Crippen molar-refractivity contribution in [1.29, 1.82) is 0 Å². The third-order valence-electron chi connectivity index (χ3n) is 7.24. The molecule has 1 fully saturated rings. The van der Waals surface area contributed by atoms with Crippen molar-refractivity contribution in [3.8, 4) is 33.6 Å². The van der Waals surface area contributed by atoms with Gasteiger partial charge in [-0.05, 0) is 51.8 Å². The fourth-order valence-corrected chi connectivity index (χ4v) is 5.26. The molecule has 4 heterocycles. The number of furan rings is 1. The maximum absolute atomic E-state index is 15.0. The number of pyridine rings is 1. The Labute approximate surface area is 236 Å². The largest absolute Gasteiger partial charge is 0.455 e. The number of ether oxygens (including phenoxy) is 1. The summed E-state index contributed by atoms with van der Waals surface area (Å²) in [5.74, 6) is -1.44. The molecule has 0 aliphatic carbocycles. The molecule has 3 aromatic heterocycles. The Kier molecular flexibility index (Phi) is 6.81. The highest BCUT2D eigenvalue weighted by atomic mass is 19.2. The maximum atomic E-state index is 15.0. The summed E-state index contributed by atoms with van der Waals surface area (Å²) in [5, 5.41) is 5.29. The Morgan fingerprint density at radius 1 is 0.976 bits per heavy atom. The van der Waals surface area contributed by atoms with Crippen LogP contribution in [-0.4, -0.2) is 44.4 Å². The number of nitrogens with zero attached hydrogens (tertiary/aromatic N) is 4. The van der Waals surface area contributed by atoms with Crippen molar-refractivity contribution in [3.63, 3.8) is 0 Å². The summed E-state index contributed by atoms with van der Waals surface area (Å²) in [5.41, 5.74) is 2.95. The standard InChI is InChI=1S/C32H30F2N4O3/c1-32(2,3)41-31(39)37-13-11-23(12-14-37)38-19-22(18-36-38)20-15-21(17-35-16-20)30-28(24-7-4-5-10-27(24)40-30)25-8-6-9-26(33)29(25)34/h4-10,15-19,23H,11-14H2,1-3H3.